The van der Waals surface area contributed by atoms with Gasteiger partial charge < -0.3 is 15.6 Å². The van der Waals surface area contributed by atoms with Crippen molar-refractivity contribution in [2.75, 3.05) is 5.32 Å². The zero-order valence-electron chi connectivity index (χ0n) is 19.2. The first-order valence-electron chi connectivity index (χ1n) is 11.3. The number of rotatable bonds is 5. The van der Waals surface area contributed by atoms with Gasteiger partial charge in [-0.15, -0.1) is 0 Å². The fraction of sp³-hybridized carbons (Fsp3) is 0.333. The number of hydrogen-bond acceptors (Lipinski definition) is 5. The van der Waals surface area contributed by atoms with Crippen molar-refractivity contribution in [3.8, 4) is 11.4 Å². The van der Waals surface area contributed by atoms with Gasteiger partial charge in [0.15, 0.2) is 17.5 Å². The molecule has 4 aromatic rings. The summed E-state index contributed by atoms with van der Waals surface area (Å²) in [5.41, 5.74) is 1.09. The van der Waals surface area contributed by atoms with Crippen LogP contribution >= 0.6 is 0 Å². The third-order valence-electron chi connectivity index (χ3n) is 6.28. The lowest BCUT2D eigenvalue weighted by molar-refractivity contribution is 0.0926. The zero-order valence-corrected chi connectivity index (χ0v) is 19.2. The van der Waals surface area contributed by atoms with Crippen molar-refractivity contribution in [1.82, 2.24) is 30.0 Å². The molecule has 0 unspecified atom stereocenters. The third-order valence-corrected chi connectivity index (χ3v) is 6.28. The molecule has 1 aromatic carbocycles. The number of hydrogen-bond donors (Lipinski definition) is 3. The molecular formula is C24H24F3N7O. The summed E-state index contributed by atoms with van der Waals surface area (Å²) in [4.78, 5) is 23.8. The third kappa shape index (κ3) is 4.58. The van der Waals surface area contributed by atoms with E-state index < -0.39 is 17.5 Å². The standard InChI is InChI=1S/C24H24F3N7O/c1-12-20(27)23(33-22(30-12)18-10-28-21-17(18)6-14(25)7-19(21)26)31-15-4-3-5-16(8-15)32-24(35)13-9-29-34(2)11-13/h6-7,9-11,15-16,28H,3-5,8H2,1-2H3,(H,32,35)(H,30,31,33)/t15-,16+/m0/s1. The van der Waals surface area contributed by atoms with E-state index in [1.807, 2.05) is 0 Å². The maximum atomic E-state index is 15.0. The summed E-state index contributed by atoms with van der Waals surface area (Å²) in [5, 5.41) is 10.5. The minimum absolute atomic E-state index is 0.0166. The van der Waals surface area contributed by atoms with Crippen LogP contribution in [0.3, 0.4) is 0 Å². The Balaban J connectivity index is 1.36. The molecule has 0 spiro atoms. The summed E-state index contributed by atoms with van der Waals surface area (Å²) < 4.78 is 44.5. The molecule has 11 heteroatoms. The number of carbonyl (C=O) groups excluding carboxylic acids is 1. The lowest BCUT2D eigenvalue weighted by atomic mass is 9.90. The van der Waals surface area contributed by atoms with Gasteiger partial charge in [0.2, 0.25) is 0 Å². The van der Waals surface area contributed by atoms with Crippen LogP contribution in [0.2, 0.25) is 0 Å². The fourth-order valence-corrected chi connectivity index (χ4v) is 4.57. The summed E-state index contributed by atoms with van der Waals surface area (Å²) in [6, 6.07) is 1.77. The molecular weight excluding hydrogens is 459 g/mol. The predicted molar refractivity (Wildman–Crippen MR) is 124 cm³/mol. The predicted octanol–water partition coefficient (Wildman–Crippen LogP) is 4.24. The summed E-state index contributed by atoms with van der Waals surface area (Å²) >= 11 is 0. The first kappa shape index (κ1) is 22.9. The van der Waals surface area contributed by atoms with E-state index in [0.29, 0.717) is 17.5 Å². The van der Waals surface area contributed by atoms with Gasteiger partial charge in [0.25, 0.3) is 5.91 Å². The van der Waals surface area contributed by atoms with Crippen molar-refractivity contribution >= 4 is 22.6 Å². The molecule has 1 amide bonds. The minimum atomic E-state index is -0.731. The van der Waals surface area contributed by atoms with Crippen LogP contribution in [0.15, 0.2) is 30.7 Å². The molecule has 35 heavy (non-hydrogen) atoms. The number of aromatic nitrogens is 5. The van der Waals surface area contributed by atoms with E-state index in [2.05, 4.69) is 30.7 Å². The molecule has 1 saturated carbocycles. The molecule has 0 aliphatic heterocycles. The number of benzene rings is 1. The van der Waals surface area contributed by atoms with Gasteiger partial charge in [-0.3, -0.25) is 9.48 Å². The SMILES string of the molecule is Cc1nc(-c2c[nH]c3c(F)cc(F)cc23)nc(N[C@H]2CCC[C@@H](NC(=O)c3cnn(C)c3)C2)c1F. The Bertz CT molecular complexity index is 1410. The number of H-pyrrole nitrogens is 1. The highest BCUT2D eigenvalue weighted by atomic mass is 19.1. The Kier molecular flexibility index (Phi) is 5.91. The molecule has 1 fully saturated rings. The molecule has 3 aromatic heterocycles. The van der Waals surface area contributed by atoms with Gasteiger partial charge in [-0.05, 0) is 38.7 Å². The molecule has 1 aliphatic carbocycles. The molecule has 0 saturated heterocycles. The second kappa shape index (κ2) is 9.05. The van der Waals surface area contributed by atoms with Crippen molar-refractivity contribution in [3.63, 3.8) is 0 Å². The van der Waals surface area contributed by atoms with Gasteiger partial charge in [0.05, 0.1) is 23.0 Å². The Labute approximate surface area is 199 Å². The van der Waals surface area contributed by atoms with Crippen LogP contribution < -0.4 is 10.6 Å². The normalized spacial score (nSPS) is 18.1. The van der Waals surface area contributed by atoms with Gasteiger partial charge in [0, 0.05) is 48.5 Å². The quantitative estimate of drug-likeness (QED) is 0.394. The van der Waals surface area contributed by atoms with Gasteiger partial charge in [-0.2, -0.15) is 5.10 Å². The number of fused-ring (bicyclic) bond motifs is 1. The number of aromatic amines is 1. The highest BCUT2D eigenvalue weighted by Crippen LogP contribution is 2.31. The highest BCUT2D eigenvalue weighted by molar-refractivity contribution is 5.94. The summed E-state index contributed by atoms with van der Waals surface area (Å²) in [6.45, 7) is 1.51. The lowest BCUT2D eigenvalue weighted by Crippen LogP contribution is -2.42. The molecule has 2 atom stereocenters. The first-order valence-corrected chi connectivity index (χ1v) is 11.3. The monoisotopic (exact) mass is 483 g/mol. The van der Waals surface area contributed by atoms with Crippen molar-refractivity contribution in [3.05, 3.63) is 59.4 Å². The number of carbonyl (C=O) groups is 1. The Morgan fingerprint density at radius 1 is 1.17 bits per heavy atom. The topological polar surface area (TPSA) is 101 Å². The molecule has 182 valence electrons. The van der Waals surface area contributed by atoms with Crippen LogP contribution in [0.4, 0.5) is 19.0 Å². The lowest BCUT2D eigenvalue weighted by Gasteiger charge is -2.30. The summed E-state index contributed by atoms with van der Waals surface area (Å²) in [7, 11) is 1.74. The van der Waals surface area contributed by atoms with Crippen molar-refractivity contribution in [2.45, 2.75) is 44.7 Å². The molecule has 1 aliphatic rings. The van der Waals surface area contributed by atoms with Crippen LogP contribution in [-0.4, -0.2) is 42.7 Å². The van der Waals surface area contributed by atoms with Crippen LogP contribution in [-0.2, 0) is 7.05 Å². The van der Waals surface area contributed by atoms with Crippen molar-refractivity contribution in [2.24, 2.45) is 7.05 Å². The largest absolute Gasteiger partial charge is 0.365 e. The number of anilines is 1. The van der Waals surface area contributed by atoms with E-state index in [-0.39, 0.29) is 46.2 Å². The average molecular weight is 483 g/mol. The number of nitrogens with zero attached hydrogens (tertiary/aromatic N) is 4. The van der Waals surface area contributed by atoms with E-state index in [4.69, 9.17) is 0 Å². The zero-order chi connectivity index (χ0) is 24.7. The summed E-state index contributed by atoms with van der Waals surface area (Å²) in [5.74, 6) is -2.08. The Hall–Kier alpha value is -3.89. The molecule has 3 heterocycles. The molecule has 5 rings (SSSR count). The van der Waals surface area contributed by atoms with Gasteiger partial charge in [-0.1, -0.05) is 0 Å². The maximum Gasteiger partial charge on any atom is 0.254 e. The second-order valence-corrected chi connectivity index (χ2v) is 8.89. The van der Waals surface area contributed by atoms with Gasteiger partial charge in [-0.25, -0.2) is 23.1 Å². The van der Waals surface area contributed by atoms with Crippen LogP contribution in [0, 0.1) is 24.4 Å². The molecule has 3 N–H and O–H groups in total. The molecule has 0 bridgehead atoms. The van der Waals surface area contributed by atoms with Gasteiger partial charge in [0.1, 0.15) is 11.6 Å². The number of nitrogens with one attached hydrogen (secondary N) is 3. The van der Waals surface area contributed by atoms with Gasteiger partial charge >= 0.3 is 0 Å². The van der Waals surface area contributed by atoms with Crippen LogP contribution in [0.5, 0.6) is 0 Å². The van der Waals surface area contributed by atoms with Crippen LogP contribution in [0.25, 0.3) is 22.3 Å². The van der Waals surface area contributed by atoms with E-state index in [0.717, 1.165) is 25.3 Å². The van der Waals surface area contributed by atoms with E-state index >= 15 is 0 Å². The maximum absolute atomic E-state index is 15.0. The Morgan fingerprint density at radius 3 is 2.74 bits per heavy atom. The number of amides is 1. The van der Waals surface area contributed by atoms with E-state index in [9.17, 15) is 18.0 Å². The smallest absolute Gasteiger partial charge is 0.254 e. The van der Waals surface area contributed by atoms with E-state index in [1.54, 1.807) is 17.9 Å². The first-order chi connectivity index (χ1) is 16.8. The van der Waals surface area contributed by atoms with Crippen molar-refractivity contribution < 1.29 is 18.0 Å². The Morgan fingerprint density at radius 2 is 1.97 bits per heavy atom. The highest BCUT2D eigenvalue weighted by Gasteiger charge is 2.26. The summed E-state index contributed by atoms with van der Waals surface area (Å²) in [6.07, 6.45) is 7.67. The average Bonchev–Trinajstić information content (AvgIpc) is 3.43. The van der Waals surface area contributed by atoms with Crippen molar-refractivity contribution in [1.29, 1.82) is 0 Å². The van der Waals surface area contributed by atoms with Crippen LogP contribution in [0.1, 0.15) is 41.7 Å². The number of halogens is 3. The minimum Gasteiger partial charge on any atom is -0.365 e. The van der Waals surface area contributed by atoms with E-state index in [1.165, 1.54) is 25.4 Å². The fourth-order valence-electron chi connectivity index (χ4n) is 4.57. The molecule has 8 nitrogen and oxygen atoms in total. The number of aryl methyl sites for hydroxylation is 2. The molecule has 0 radical (unpaired) electrons. The second-order valence-electron chi connectivity index (χ2n) is 8.89.